The fourth-order valence-corrected chi connectivity index (χ4v) is 3.67. The molecule has 0 saturated carbocycles. The number of rotatable bonds is 5. The third kappa shape index (κ3) is 4.69. The molecule has 1 amide bonds. The smallest absolute Gasteiger partial charge is 0.222 e. The number of likely N-dealkylation sites (tertiary alicyclic amines) is 1. The fraction of sp³-hybridized carbons (Fsp3) is 0.409. The lowest BCUT2D eigenvalue weighted by atomic mass is 9.75. The Hall–Kier alpha value is -2.23. The average molecular weight is 357 g/mol. The number of piperidine rings is 1. The molecule has 1 fully saturated rings. The summed E-state index contributed by atoms with van der Waals surface area (Å²) >= 11 is 0. The van der Waals surface area contributed by atoms with Crippen LogP contribution in [0.2, 0.25) is 0 Å². The molecule has 1 aliphatic rings. The third-order valence-electron chi connectivity index (χ3n) is 5.41. The minimum absolute atomic E-state index is 0.0940. The predicted octanol–water partition coefficient (Wildman–Crippen LogP) is 4.77. The Morgan fingerprint density at radius 3 is 2.35 bits per heavy atom. The second-order valence-corrected chi connectivity index (χ2v) is 7.60. The maximum Gasteiger partial charge on any atom is 0.222 e. The van der Waals surface area contributed by atoms with Crippen molar-refractivity contribution in [2.24, 2.45) is 5.41 Å². The topological polar surface area (TPSA) is 20.3 Å². The van der Waals surface area contributed by atoms with Gasteiger partial charge in [0.05, 0.1) is 0 Å². The second kappa shape index (κ2) is 7.98. The van der Waals surface area contributed by atoms with Crippen molar-refractivity contribution < 1.29 is 13.6 Å². The van der Waals surface area contributed by atoms with E-state index in [2.05, 4.69) is 31.2 Å². The van der Waals surface area contributed by atoms with Gasteiger partial charge >= 0.3 is 0 Å². The molecule has 0 N–H and O–H groups in total. The van der Waals surface area contributed by atoms with Gasteiger partial charge in [-0.25, -0.2) is 8.78 Å². The summed E-state index contributed by atoms with van der Waals surface area (Å²) in [6, 6.07) is 14.3. The first kappa shape index (κ1) is 18.6. The van der Waals surface area contributed by atoms with Gasteiger partial charge in [0.25, 0.3) is 0 Å². The molecule has 0 aromatic heterocycles. The van der Waals surface area contributed by atoms with Crippen molar-refractivity contribution in [3.63, 3.8) is 0 Å². The first-order chi connectivity index (χ1) is 12.5. The monoisotopic (exact) mass is 357 g/mol. The number of benzene rings is 2. The van der Waals surface area contributed by atoms with Gasteiger partial charge in [0.15, 0.2) is 11.6 Å². The molecule has 0 unspecified atom stereocenters. The van der Waals surface area contributed by atoms with Gasteiger partial charge in [-0.2, -0.15) is 0 Å². The van der Waals surface area contributed by atoms with Crippen molar-refractivity contribution in [3.8, 4) is 0 Å². The van der Waals surface area contributed by atoms with Crippen LogP contribution in [-0.4, -0.2) is 23.9 Å². The van der Waals surface area contributed by atoms with Crippen LogP contribution >= 0.6 is 0 Å². The molecule has 4 heteroatoms. The van der Waals surface area contributed by atoms with Crippen molar-refractivity contribution >= 4 is 5.91 Å². The molecule has 1 heterocycles. The highest BCUT2D eigenvalue weighted by atomic mass is 19.2. The lowest BCUT2D eigenvalue weighted by Crippen LogP contribution is -2.43. The number of hydrogen-bond acceptors (Lipinski definition) is 1. The van der Waals surface area contributed by atoms with E-state index in [1.807, 2.05) is 11.0 Å². The molecule has 2 aromatic carbocycles. The first-order valence-corrected chi connectivity index (χ1v) is 9.21. The van der Waals surface area contributed by atoms with Crippen LogP contribution in [0.4, 0.5) is 8.78 Å². The van der Waals surface area contributed by atoms with Crippen LogP contribution in [0.5, 0.6) is 0 Å². The Balaban J connectivity index is 1.49. The molecule has 0 bridgehead atoms. The fourth-order valence-electron chi connectivity index (χ4n) is 3.67. The van der Waals surface area contributed by atoms with E-state index in [9.17, 15) is 13.6 Å². The third-order valence-corrected chi connectivity index (χ3v) is 5.41. The Kier molecular flexibility index (Phi) is 5.70. The lowest BCUT2D eigenvalue weighted by Gasteiger charge is -2.39. The van der Waals surface area contributed by atoms with Crippen LogP contribution in [0.3, 0.4) is 0 Å². The Labute approximate surface area is 153 Å². The summed E-state index contributed by atoms with van der Waals surface area (Å²) in [5.74, 6) is -1.62. The zero-order valence-corrected chi connectivity index (χ0v) is 15.2. The second-order valence-electron chi connectivity index (χ2n) is 7.60. The zero-order valence-electron chi connectivity index (χ0n) is 15.2. The largest absolute Gasteiger partial charge is 0.343 e. The molecule has 2 aromatic rings. The highest BCUT2D eigenvalue weighted by molar-refractivity contribution is 5.76. The number of carbonyl (C=O) groups is 1. The van der Waals surface area contributed by atoms with Gasteiger partial charge in [0, 0.05) is 19.5 Å². The molecule has 3 rings (SSSR count). The van der Waals surface area contributed by atoms with Gasteiger partial charge in [-0.1, -0.05) is 43.3 Å². The van der Waals surface area contributed by atoms with E-state index < -0.39 is 11.6 Å². The van der Waals surface area contributed by atoms with E-state index in [0.29, 0.717) is 18.4 Å². The predicted molar refractivity (Wildman–Crippen MR) is 98.7 cm³/mol. The van der Waals surface area contributed by atoms with E-state index >= 15 is 0 Å². The van der Waals surface area contributed by atoms with Crippen molar-refractivity contribution in [1.82, 2.24) is 4.90 Å². The molecule has 2 nitrogen and oxygen atoms in total. The van der Waals surface area contributed by atoms with Gasteiger partial charge in [0.1, 0.15) is 0 Å². The summed E-state index contributed by atoms with van der Waals surface area (Å²) in [7, 11) is 0. The summed E-state index contributed by atoms with van der Waals surface area (Å²) < 4.78 is 26.2. The summed E-state index contributed by atoms with van der Waals surface area (Å²) in [4.78, 5) is 14.4. The molecule has 0 spiro atoms. The van der Waals surface area contributed by atoms with Crippen molar-refractivity contribution in [1.29, 1.82) is 0 Å². The van der Waals surface area contributed by atoms with Gasteiger partial charge in [-0.15, -0.1) is 0 Å². The summed E-state index contributed by atoms with van der Waals surface area (Å²) in [6.45, 7) is 3.82. The first-order valence-electron chi connectivity index (χ1n) is 9.21. The van der Waals surface area contributed by atoms with Gasteiger partial charge < -0.3 is 4.90 Å². The maximum atomic E-state index is 13.3. The average Bonchev–Trinajstić information content (AvgIpc) is 2.63. The maximum absolute atomic E-state index is 13.3. The van der Waals surface area contributed by atoms with Crippen LogP contribution < -0.4 is 0 Å². The van der Waals surface area contributed by atoms with Crippen LogP contribution in [0.25, 0.3) is 0 Å². The summed E-state index contributed by atoms with van der Waals surface area (Å²) in [6.07, 6.45) is 3.77. The normalized spacial score (nSPS) is 16.5. The molecule has 1 saturated heterocycles. The molecule has 138 valence electrons. The molecule has 0 atom stereocenters. The minimum atomic E-state index is -0.857. The number of hydrogen-bond donors (Lipinski definition) is 0. The van der Waals surface area contributed by atoms with Crippen LogP contribution in [0, 0.1) is 17.0 Å². The molecule has 0 aliphatic carbocycles. The molecule has 1 aliphatic heterocycles. The van der Waals surface area contributed by atoms with Gasteiger partial charge in [-0.05, 0) is 54.4 Å². The van der Waals surface area contributed by atoms with Crippen LogP contribution in [-0.2, 0) is 17.6 Å². The number of carbonyl (C=O) groups excluding carboxylic acids is 1. The van der Waals surface area contributed by atoms with Gasteiger partial charge in [0.2, 0.25) is 5.91 Å². The van der Waals surface area contributed by atoms with Crippen molar-refractivity contribution in [2.75, 3.05) is 13.1 Å². The molecule has 0 radical (unpaired) electrons. The van der Waals surface area contributed by atoms with E-state index in [4.69, 9.17) is 0 Å². The highest BCUT2D eigenvalue weighted by Gasteiger charge is 2.31. The number of nitrogens with zero attached hydrogens (tertiary/aromatic N) is 1. The molecular formula is C22H25F2NO. The van der Waals surface area contributed by atoms with E-state index in [1.54, 1.807) is 6.07 Å². The highest BCUT2D eigenvalue weighted by Crippen LogP contribution is 2.34. The molecular weight excluding hydrogens is 332 g/mol. The number of halogens is 2. The van der Waals surface area contributed by atoms with Crippen molar-refractivity contribution in [3.05, 3.63) is 71.3 Å². The number of aryl methyl sites for hydroxylation is 1. The number of amides is 1. The zero-order chi connectivity index (χ0) is 18.6. The lowest BCUT2D eigenvalue weighted by molar-refractivity contribution is -0.133. The molecule has 26 heavy (non-hydrogen) atoms. The van der Waals surface area contributed by atoms with E-state index in [1.165, 1.54) is 11.6 Å². The standard InChI is InChI=1S/C22H25F2NO/c1-22(16-18-5-3-2-4-6-18)11-13-25(14-12-22)21(26)10-8-17-7-9-19(23)20(24)15-17/h2-7,9,15H,8,10-14,16H2,1H3. The van der Waals surface area contributed by atoms with Crippen LogP contribution in [0.15, 0.2) is 48.5 Å². The quantitative estimate of drug-likeness (QED) is 0.755. The minimum Gasteiger partial charge on any atom is -0.343 e. The Morgan fingerprint density at radius 2 is 1.69 bits per heavy atom. The van der Waals surface area contributed by atoms with Crippen molar-refractivity contribution in [2.45, 2.75) is 39.0 Å². The van der Waals surface area contributed by atoms with Crippen LogP contribution in [0.1, 0.15) is 37.3 Å². The van der Waals surface area contributed by atoms with Gasteiger partial charge in [-0.3, -0.25) is 4.79 Å². The Morgan fingerprint density at radius 1 is 1.00 bits per heavy atom. The summed E-state index contributed by atoms with van der Waals surface area (Å²) in [5.41, 5.74) is 2.22. The van der Waals surface area contributed by atoms with E-state index in [-0.39, 0.29) is 11.3 Å². The Bertz CT molecular complexity index is 752. The summed E-state index contributed by atoms with van der Waals surface area (Å²) in [5, 5.41) is 0. The van der Waals surface area contributed by atoms with E-state index in [0.717, 1.165) is 38.4 Å². The SMILES string of the molecule is CC1(Cc2ccccc2)CCN(C(=O)CCc2ccc(F)c(F)c2)CC1.